The Morgan fingerprint density at radius 3 is 2.36 bits per heavy atom. The quantitative estimate of drug-likeness (QED) is 0.166. The van der Waals surface area contributed by atoms with E-state index in [2.05, 4.69) is 77.2 Å². The van der Waals surface area contributed by atoms with Crippen molar-refractivity contribution in [2.45, 2.75) is 0 Å². The second kappa shape index (κ2) is 4.46. The highest BCUT2D eigenvalue weighted by atomic mass is 127. The summed E-state index contributed by atoms with van der Waals surface area (Å²) in [5.41, 5.74) is 0.974. The van der Waals surface area contributed by atoms with Gasteiger partial charge >= 0.3 is 0 Å². The van der Waals surface area contributed by atoms with Crippen molar-refractivity contribution in [1.29, 1.82) is 0 Å². The van der Waals surface area contributed by atoms with Crippen molar-refractivity contribution < 1.29 is 4.42 Å². The summed E-state index contributed by atoms with van der Waals surface area (Å²) in [5.74, 6) is 0. The third kappa shape index (κ3) is 1.70. The molecule has 1 heterocycles. The maximum Gasteiger partial charge on any atom is 0.141 e. The lowest BCUT2D eigenvalue weighted by molar-refractivity contribution is 0.619. The van der Waals surface area contributed by atoms with Crippen LogP contribution >= 0.6 is 22.6 Å². The van der Waals surface area contributed by atoms with Gasteiger partial charge in [0.1, 0.15) is 5.58 Å². The Bertz CT molecular complexity index is 1180. The maximum absolute atomic E-state index is 5.68. The number of rotatable bonds is 0. The van der Waals surface area contributed by atoms with Gasteiger partial charge in [-0.15, -0.1) is 0 Å². The first-order valence-electron chi connectivity index (χ1n) is 7.21. The van der Waals surface area contributed by atoms with Gasteiger partial charge in [-0.25, -0.2) is 0 Å². The predicted octanol–water partition coefficient (Wildman–Crippen LogP) is 6.50. The molecule has 0 fully saturated rings. The number of furan rings is 1. The predicted molar refractivity (Wildman–Crippen MR) is 101 cm³/mol. The molecule has 5 aromatic rings. The molecule has 0 aliphatic carbocycles. The van der Waals surface area contributed by atoms with E-state index < -0.39 is 0 Å². The maximum atomic E-state index is 5.68. The van der Waals surface area contributed by atoms with Gasteiger partial charge in [-0.05, 0) is 85.9 Å². The van der Waals surface area contributed by atoms with Crippen LogP contribution in [0.25, 0.3) is 43.3 Å². The molecule has 0 amide bonds. The number of halogens is 1. The molecule has 4 aromatic carbocycles. The summed E-state index contributed by atoms with van der Waals surface area (Å²) >= 11 is 2.36. The summed E-state index contributed by atoms with van der Waals surface area (Å²) in [7, 11) is 0. The molecule has 0 atom stereocenters. The Hall–Kier alpha value is -2.07. The number of fused-ring (bicyclic) bond motifs is 6. The Balaban J connectivity index is 2.00. The van der Waals surface area contributed by atoms with E-state index in [1.807, 2.05) is 6.07 Å². The molecule has 0 radical (unpaired) electrons. The van der Waals surface area contributed by atoms with Gasteiger partial charge in [0.05, 0.1) is 6.26 Å². The highest BCUT2D eigenvalue weighted by molar-refractivity contribution is 14.1. The molecule has 0 saturated carbocycles. The smallest absolute Gasteiger partial charge is 0.141 e. The Morgan fingerprint density at radius 2 is 1.41 bits per heavy atom. The molecule has 0 unspecified atom stereocenters. The van der Waals surface area contributed by atoms with Crippen LogP contribution in [0.15, 0.2) is 71.3 Å². The Labute approximate surface area is 140 Å². The monoisotopic (exact) mass is 394 g/mol. The van der Waals surface area contributed by atoms with Crippen molar-refractivity contribution in [2.75, 3.05) is 0 Å². The van der Waals surface area contributed by atoms with E-state index >= 15 is 0 Å². The summed E-state index contributed by atoms with van der Waals surface area (Å²) in [5, 5.41) is 8.71. The third-order valence-corrected chi connectivity index (χ3v) is 5.02. The van der Waals surface area contributed by atoms with Crippen molar-refractivity contribution in [3.63, 3.8) is 0 Å². The van der Waals surface area contributed by atoms with Crippen LogP contribution in [0.2, 0.25) is 0 Å². The van der Waals surface area contributed by atoms with Gasteiger partial charge in [0.25, 0.3) is 0 Å². The van der Waals surface area contributed by atoms with Crippen LogP contribution < -0.4 is 0 Å². The van der Waals surface area contributed by atoms with E-state index in [9.17, 15) is 0 Å². The summed E-state index contributed by atoms with van der Waals surface area (Å²) in [6, 6.07) is 21.9. The highest BCUT2D eigenvalue weighted by Gasteiger charge is 2.08. The van der Waals surface area contributed by atoms with Crippen LogP contribution in [0.5, 0.6) is 0 Å². The summed E-state index contributed by atoms with van der Waals surface area (Å²) in [6.45, 7) is 0. The molecule has 22 heavy (non-hydrogen) atoms. The van der Waals surface area contributed by atoms with Crippen molar-refractivity contribution in [2.24, 2.45) is 0 Å². The summed E-state index contributed by atoms with van der Waals surface area (Å²) in [6.07, 6.45) is 1.76. The van der Waals surface area contributed by atoms with Gasteiger partial charge < -0.3 is 4.42 Å². The van der Waals surface area contributed by atoms with Crippen LogP contribution in [-0.2, 0) is 0 Å². The zero-order chi connectivity index (χ0) is 14.7. The van der Waals surface area contributed by atoms with Crippen LogP contribution in [0, 0.1) is 3.57 Å². The van der Waals surface area contributed by atoms with Gasteiger partial charge in [0, 0.05) is 14.3 Å². The number of hydrogen-bond donors (Lipinski definition) is 0. The van der Waals surface area contributed by atoms with Gasteiger partial charge in [-0.3, -0.25) is 0 Å². The Kier molecular flexibility index (Phi) is 2.53. The normalized spacial score (nSPS) is 11.9. The van der Waals surface area contributed by atoms with Crippen molar-refractivity contribution in [3.05, 3.63) is 70.5 Å². The van der Waals surface area contributed by atoms with Gasteiger partial charge in [0.2, 0.25) is 0 Å². The molecule has 0 aliphatic rings. The van der Waals surface area contributed by atoms with E-state index in [-0.39, 0.29) is 0 Å². The lowest BCUT2D eigenvalue weighted by Crippen LogP contribution is -1.81. The van der Waals surface area contributed by atoms with E-state index in [0.717, 1.165) is 11.0 Å². The second-order valence-electron chi connectivity index (χ2n) is 5.63. The minimum absolute atomic E-state index is 0.974. The van der Waals surface area contributed by atoms with Crippen LogP contribution in [0.1, 0.15) is 0 Å². The highest BCUT2D eigenvalue weighted by Crippen LogP contribution is 2.34. The second-order valence-corrected chi connectivity index (χ2v) is 6.88. The molecular weight excluding hydrogens is 383 g/mol. The molecule has 0 N–H and O–H groups in total. The lowest BCUT2D eigenvalue weighted by Gasteiger charge is -2.07. The zero-order valence-electron chi connectivity index (χ0n) is 11.6. The molecule has 2 heteroatoms. The van der Waals surface area contributed by atoms with Crippen LogP contribution in [0.4, 0.5) is 0 Å². The van der Waals surface area contributed by atoms with Crippen molar-refractivity contribution in [1.82, 2.24) is 0 Å². The molecule has 0 bridgehead atoms. The fraction of sp³-hybridized carbons (Fsp3) is 0. The molecule has 104 valence electrons. The standard InChI is InChI=1S/C20H11IO/c21-16-4-1-13-11-19-14(9-15(13)10-16)3-6-18-17(19)5-2-12-7-8-22-20(12)18/h1-11H. The van der Waals surface area contributed by atoms with Crippen molar-refractivity contribution in [3.8, 4) is 0 Å². The molecule has 5 rings (SSSR count). The zero-order valence-corrected chi connectivity index (χ0v) is 13.8. The first-order chi connectivity index (χ1) is 10.8. The topological polar surface area (TPSA) is 13.1 Å². The minimum Gasteiger partial charge on any atom is -0.464 e. The van der Waals surface area contributed by atoms with E-state index in [1.54, 1.807) is 6.26 Å². The van der Waals surface area contributed by atoms with Crippen molar-refractivity contribution >= 4 is 65.9 Å². The third-order valence-electron chi connectivity index (χ3n) is 4.35. The Morgan fingerprint density at radius 1 is 0.591 bits per heavy atom. The molecule has 1 aromatic heterocycles. The summed E-state index contributed by atoms with van der Waals surface area (Å²) in [4.78, 5) is 0. The first-order valence-corrected chi connectivity index (χ1v) is 8.29. The van der Waals surface area contributed by atoms with E-state index in [4.69, 9.17) is 4.42 Å². The minimum atomic E-state index is 0.974. The van der Waals surface area contributed by atoms with E-state index in [0.29, 0.717) is 0 Å². The summed E-state index contributed by atoms with van der Waals surface area (Å²) < 4.78 is 6.95. The van der Waals surface area contributed by atoms with Gasteiger partial charge in [0.15, 0.2) is 0 Å². The van der Waals surface area contributed by atoms with Gasteiger partial charge in [-0.1, -0.05) is 24.3 Å². The first kappa shape index (κ1) is 12.5. The molecule has 0 saturated heterocycles. The van der Waals surface area contributed by atoms with Gasteiger partial charge in [-0.2, -0.15) is 0 Å². The molecule has 1 nitrogen and oxygen atoms in total. The average Bonchev–Trinajstić information content (AvgIpc) is 3.01. The molecule has 0 aliphatic heterocycles. The fourth-order valence-corrected chi connectivity index (χ4v) is 3.80. The average molecular weight is 394 g/mol. The lowest BCUT2D eigenvalue weighted by atomic mass is 9.97. The van der Waals surface area contributed by atoms with Crippen LogP contribution in [0.3, 0.4) is 0 Å². The largest absolute Gasteiger partial charge is 0.464 e. The number of hydrogen-bond acceptors (Lipinski definition) is 1. The van der Waals surface area contributed by atoms with Crippen LogP contribution in [-0.4, -0.2) is 0 Å². The van der Waals surface area contributed by atoms with E-state index in [1.165, 1.54) is 35.9 Å². The fourth-order valence-electron chi connectivity index (χ4n) is 3.29. The SMILES string of the molecule is Ic1ccc2cc3c(ccc4c3ccc3ccoc34)cc2c1. The number of benzene rings is 4. The molecule has 0 spiro atoms. The molecular formula is C20H11IO.